The molecular weight excluding hydrogens is 350 g/mol. The summed E-state index contributed by atoms with van der Waals surface area (Å²) in [7, 11) is 0. The third-order valence-corrected chi connectivity index (χ3v) is 4.21. The summed E-state index contributed by atoms with van der Waals surface area (Å²) in [6.45, 7) is 2.27. The molecule has 0 spiro atoms. The lowest BCUT2D eigenvalue weighted by molar-refractivity contribution is -0.143. The van der Waals surface area contributed by atoms with Crippen LogP contribution >= 0.6 is 11.8 Å². The Morgan fingerprint density at radius 3 is 2.58 bits per heavy atom. The fourth-order valence-corrected chi connectivity index (χ4v) is 2.92. The van der Waals surface area contributed by atoms with Crippen molar-refractivity contribution in [2.24, 2.45) is 0 Å². The Morgan fingerprint density at radius 1 is 1.33 bits per heavy atom. The third kappa shape index (κ3) is 3.52. The van der Waals surface area contributed by atoms with Crippen LogP contribution in [0.1, 0.15) is 25.1 Å². The summed E-state index contributed by atoms with van der Waals surface area (Å²) in [5.74, 6) is 0.647. The van der Waals surface area contributed by atoms with Gasteiger partial charge in [-0.05, 0) is 12.7 Å². The number of ether oxygens (including phenoxy) is 1. The number of aryl methyl sites for hydroxylation is 1. The van der Waals surface area contributed by atoms with Crippen LogP contribution in [0, 0.1) is 0 Å². The zero-order chi connectivity index (χ0) is 17.9. The number of fused-ring (bicyclic) bond motifs is 1. The molecule has 5 nitrogen and oxygen atoms in total. The molecule has 2 aromatic rings. The average molecular weight is 367 g/mol. The molecular formula is C14H17F4N3O2S. The molecule has 0 aliphatic carbocycles. The van der Waals surface area contributed by atoms with E-state index in [1.54, 1.807) is 0 Å². The topological polar surface area (TPSA) is 48.5 Å². The van der Waals surface area contributed by atoms with E-state index in [4.69, 9.17) is 4.74 Å². The second-order valence-corrected chi connectivity index (χ2v) is 6.08. The quantitative estimate of drug-likeness (QED) is 0.706. The summed E-state index contributed by atoms with van der Waals surface area (Å²) in [5.41, 5.74) is -1.46. The van der Waals surface area contributed by atoms with Crippen LogP contribution < -0.4 is 10.3 Å². The molecule has 0 aliphatic heterocycles. The number of rotatable bonds is 7. The Labute approximate surface area is 139 Å². The van der Waals surface area contributed by atoms with Crippen molar-refractivity contribution >= 4 is 17.5 Å². The number of thioether (sulfide) groups is 1. The van der Waals surface area contributed by atoms with Gasteiger partial charge in [0.05, 0.1) is 5.56 Å². The number of alkyl halides is 4. The highest BCUT2D eigenvalue weighted by Gasteiger charge is 2.36. The third-order valence-electron chi connectivity index (χ3n) is 3.31. The lowest BCUT2D eigenvalue weighted by Crippen LogP contribution is -2.21. The zero-order valence-electron chi connectivity index (χ0n) is 13.2. The van der Waals surface area contributed by atoms with E-state index in [0.717, 1.165) is 15.2 Å². The van der Waals surface area contributed by atoms with Crippen molar-refractivity contribution in [3.05, 3.63) is 27.8 Å². The smallest absolute Gasteiger partial charge is 0.432 e. The van der Waals surface area contributed by atoms with E-state index in [1.165, 1.54) is 18.7 Å². The SMILES string of the molecule is CCSCc1c(OCCF)nc2n(CC)c(C(F)(F)F)cn2c1=O. The Balaban J connectivity index is 2.72. The Hall–Kier alpha value is -1.71. The van der Waals surface area contributed by atoms with Gasteiger partial charge in [-0.3, -0.25) is 9.20 Å². The normalized spacial score (nSPS) is 12.1. The number of aromatic nitrogens is 3. The van der Waals surface area contributed by atoms with Crippen LogP contribution in [0.5, 0.6) is 5.88 Å². The predicted molar refractivity (Wildman–Crippen MR) is 83.4 cm³/mol. The molecule has 0 bridgehead atoms. The van der Waals surface area contributed by atoms with Crippen molar-refractivity contribution in [1.82, 2.24) is 14.0 Å². The fourth-order valence-electron chi connectivity index (χ4n) is 2.27. The molecule has 2 aromatic heterocycles. The van der Waals surface area contributed by atoms with Gasteiger partial charge >= 0.3 is 6.18 Å². The van der Waals surface area contributed by atoms with Crippen LogP contribution in [0.4, 0.5) is 17.6 Å². The molecule has 134 valence electrons. The van der Waals surface area contributed by atoms with Gasteiger partial charge in [-0.15, -0.1) is 0 Å². The minimum Gasteiger partial charge on any atom is -0.474 e. The minimum absolute atomic E-state index is 0.0244. The highest BCUT2D eigenvalue weighted by molar-refractivity contribution is 7.98. The molecule has 10 heteroatoms. The molecule has 0 amide bonds. The second kappa shape index (κ2) is 7.45. The van der Waals surface area contributed by atoms with Gasteiger partial charge in [-0.2, -0.15) is 29.9 Å². The number of nitrogens with zero attached hydrogens (tertiary/aromatic N) is 3. The first-order valence-corrected chi connectivity index (χ1v) is 8.49. The predicted octanol–water partition coefficient (Wildman–Crippen LogP) is 3.14. The van der Waals surface area contributed by atoms with Crippen molar-refractivity contribution in [2.75, 3.05) is 19.0 Å². The van der Waals surface area contributed by atoms with E-state index in [9.17, 15) is 22.4 Å². The van der Waals surface area contributed by atoms with Crippen LogP contribution in [-0.2, 0) is 18.5 Å². The molecule has 0 unspecified atom stereocenters. The molecule has 0 saturated heterocycles. The maximum atomic E-state index is 13.2. The Kier molecular flexibility index (Phi) is 5.79. The first-order valence-electron chi connectivity index (χ1n) is 7.33. The van der Waals surface area contributed by atoms with Crippen molar-refractivity contribution < 1.29 is 22.3 Å². The Morgan fingerprint density at radius 2 is 2.04 bits per heavy atom. The van der Waals surface area contributed by atoms with Gasteiger partial charge in [0, 0.05) is 18.5 Å². The highest BCUT2D eigenvalue weighted by atomic mass is 32.2. The van der Waals surface area contributed by atoms with E-state index in [1.807, 2.05) is 6.92 Å². The summed E-state index contributed by atoms with van der Waals surface area (Å²) < 4.78 is 58.8. The van der Waals surface area contributed by atoms with Crippen LogP contribution in [0.3, 0.4) is 0 Å². The van der Waals surface area contributed by atoms with Crippen LogP contribution in [0.2, 0.25) is 0 Å². The van der Waals surface area contributed by atoms with E-state index in [-0.39, 0.29) is 36.1 Å². The van der Waals surface area contributed by atoms with Crippen molar-refractivity contribution in [1.29, 1.82) is 0 Å². The molecule has 0 fully saturated rings. The number of hydrogen-bond acceptors (Lipinski definition) is 4. The number of imidazole rings is 1. The summed E-state index contributed by atoms with van der Waals surface area (Å²) >= 11 is 1.40. The minimum atomic E-state index is -4.62. The first-order chi connectivity index (χ1) is 11.3. The monoisotopic (exact) mass is 367 g/mol. The maximum absolute atomic E-state index is 13.2. The standard InChI is InChI=1S/C14H17F4N3O2S/c1-3-20-10(14(16,17)18)7-21-12(22)9(8-24-4-2)11(19-13(20)21)23-6-5-15/h7H,3-6,8H2,1-2H3. The van der Waals surface area contributed by atoms with Gasteiger partial charge in [0.2, 0.25) is 11.7 Å². The number of halogens is 4. The van der Waals surface area contributed by atoms with Crippen LogP contribution in [0.25, 0.3) is 5.78 Å². The van der Waals surface area contributed by atoms with Crippen LogP contribution in [-0.4, -0.2) is 33.0 Å². The largest absolute Gasteiger partial charge is 0.474 e. The summed E-state index contributed by atoms with van der Waals surface area (Å²) in [5, 5.41) is 0. The fraction of sp³-hybridized carbons (Fsp3) is 0.571. The molecule has 24 heavy (non-hydrogen) atoms. The van der Waals surface area contributed by atoms with Gasteiger partial charge in [0.1, 0.15) is 19.0 Å². The highest BCUT2D eigenvalue weighted by Crippen LogP contribution is 2.31. The molecule has 0 saturated carbocycles. The van der Waals surface area contributed by atoms with Crippen LogP contribution in [0.15, 0.2) is 11.0 Å². The van der Waals surface area contributed by atoms with Gasteiger partial charge in [-0.25, -0.2) is 4.39 Å². The lowest BCUT2D eigenvalue weighted by atomic mass is 10.3. The van der Waals surface area contributed by atoms with E-state index < -0.39 is 24.1 Å². The molecule has 2 rings (SSSR count). The van der Waals surface area contributed by atoms with E-state index >= 15 is 0 Å². The molecule has 0 radical (unpaired) electrons. The molecule has 0 atom stereocenters. The zero-order valence-corrected chi connectivity index (χ0v) is 14.0. The van der Waals surface area contributed by atoms with Gasteiger partial charge in [-0.1, -0.05) is 6.92 Å². The Bertz CT molecular complexity index is 770. The van der Waals surface area contributed by atoms with Crippen molar-refractivity contribution in [3.8, 4) is 5.88 Å². The van der Waals surface area contributed by atoms with Gasteiger partial charge in [0.15, 0.2) is 0 Å². The summed E-state index contributed by atoms with van der Waals surface area (Å²) in [6, 6.07) is 0. The molecule has 2 heterocycles. The molecule has 0 N–H and O–H groups in total. The summed E-state index contributed by atoms with van der Waals surface area (Å²) in [6.07, 6.45) is -3.87. The van der Waals surface area contributed by atoms with Gasteiger partial charge < -0.3 is 9.30 Å². The average Bonchev–Trinajstić information content (AvgIpc) is 2.91. The molecule has 0 aromatic carbocycles. The number of hydrogen-bond donors (Lipinski definition) is 0. The maximum Gasteiger partial charge on any atom is 0.432 e. The van der Waals surface area contributed by atoms with E-state index in [2.05, 4.69) is 4.98 Å². The van der Waals surface area contributed by atoms with E-state index in [0.29, 0.717) is 5.75 Å². The lowest BCUT2D eigenvalue weighted by Gasteiger charge is -2.11. The summed E-state index contributed by atoms with van der Waals surface area (Å²) in [4.78, 5) is 16.6. The van der Waals surface area contributed by atoms with Crippen molar-refractivity contribution in [3.63, 3.8) is 0 Å². The second-order valence-electron chi connectivity index (χ2n) is 4.80. The van der Waals surface area contributed by atoms with Gasteiger partial charge in [0.25, 0.3) is 5.56 Å². The first kappa shape index (κ1) is 18.6. The molecule has 0 aliphatic rings. The van der Waals surface area contributed by atoms with Crippen molar-refractivity contribution in [2.45, 2.75) is 32.3 Å².